The van der Waals surface area contributed by atoms with Gasteiger partial charge in [-0.1, -0.05) is 30.3 Å². The average molecular weight is 475 g/mol. The summed E-state index contributed by atoms with van der Waals surface area (Å²) in [6, 6.07) is 15.0. The fourth-order valence-corrected chi connectivity index (χ4v) is 4.20. The molecule has 3 heterocycles. The summed E-state index contributed by atoms with van der Waals surface area (Å²) in [7, 11) is 1.49. The lowest BCUT2D eigenvalue weighted by molar-refractivity contribution is -0.145. The molecule has 9 nitrogen and oxygen atoms in total. The van der Waals surface area contributed by atoms with E-state index < -0.39 is 23.8 Å². The fraction of sp³-hybridized carbons (Fsp3) is 0.200. The Morgan fingerprint density at radius 2 is 1.69 bits per heavy atom. The smallest absolute Gasteiger partial charge is 0.333 e. The summed E-state index contributed by atoms with van der Waals surface area (Å²) < 4.78 is 24.3. The van der Waals surface area contributed by atoms with Crippen LogP contribution in [0.4, 0.5) is 4.39 Å². The number of carbonyl (C=O) groups excluding carboxylic acids is 1. The minimum atomic E-state index is -0.704. The predicted molar refractivity (Wildman–Crippen MR) is 127 cm³/mol. The van der Waals surface area contributed by atoms with Gasteiger partial charge in [-0.05, 0) is 43.7 Å². The van der Waals surface area contributed by atoms with Crippen LogP contribution in [-0.2, 0) is 29.7 Å². The molecule has 178 valence electrons. The molecule has 35 heavy (non-hydrogen) atoms. The van der Waals surface area contributed by atoms with E-state index in [-0.39, 0.29) is 23.6 Å². The highest BCUT2D eigenvalue weighted by molar-refractivity contribution is 5.78. The molecule has 2 aromatic carbocycles. The van der Waals surface area contributed by atoms with Gasteiger partial charge in [-0.2, -0.15) is 4.98 Å². The van der Waals surface area contributed by atoms with Gasteiger partial charge in [0.05, 0.1) is 0 Å². The molecule has 0 fully saturated rings. The Labute approximate surface area is 198 Å². The third kappa shape index (κ3) is 3.63. The van der Waals surface area contributed by atoms with E-state index in [1.165, 1.54) is 23.7 Å². The van der Waals surface area contributed by atoms with Gasteiger partial charge < -0.3 is 4.74 Å². The second-order valence-electron chi connectivity index (χ2n) is 8.28. The van der Waals surface area contributed by atoms with Crippen molar-refractivity contribution >= 4 is 22.9 Å². The SMILES string of the molecule is Cc1c(C)n2c3c(=O)n(CC(=O)OCc4ccccc4)c(=O)n(C)c3nc2n1-c1ccc(F)cc1. The zero-order valence-electron chi connectivity index (χ0n) is 19.4. The van der Waals surface area contributed by atoms with E-state index in [1.807, 2.05) is 44.2 Å². The predicted octanol–water partition coefficient (Wildman–Crippen LogP) is 2.64. The minimum absolute atomic E-state index is 0.0345. The van der Waals surface area contributed by atoms with Crippen LogP contribution in [0.1, 0.15) is 17.0 Å². The van der Waals surface area contributed by atoms with Crippen molar-refractivity contribution in [3.05, 3.63) is 98.2 Å². The second kappa shape index (κ2) is 8.39. The molecule has 5 aromatic rings. The van der Waals surface area contributed by atoms with Crippen LogP contribution in [0.3, 0.4) is 0 Å². The van der Waals surface area contributed by atoms with Crippen LogP contribution >= 0.6 is 0 Å². The van der Waals surface area contributed by atoms with E-state index in [0.29, 0.717) is 11.5 Å². The van der Waals surface area contributed by atoms with E-state index in [4.69, 9.17) is 4.74 Å². The highest BCUT2D eigenvalue weighted by Crippen LogP contribution is 2.24. The number of hydrogen-bond donors (Lipinski definition) is 0. The first-order valence-corrected chi connectivity index (χ1v) is 10.9. The first-order valence-electron chi connectivity index (χ1n) is 10.9. The number of rotatable bonds is 5. The fourth-order valence-electron chi connectivity index (χ4n) is 4.20. The molecule has 0 aliphatic rings. The van der Waals surface area contributed by atoms with E-state index >= 15 is 0 Å². The molecule has 0 bridgehead atoms. The van der Waals surface area contributed by atoms with Gasteiger partial charge in [0, 0.05) is 24.1 Å². The summed E-state index contributed by atoms with van der Waals surface area (Å²) in [6.07, 6.45) is 0. The van der Waals surface area contributed by atoms with Gasteiger partial charge in [-0.25, -0.2) is 13.8 Å². The molecule has 0 atom stereocenters. The largest absolute Gasteiger partial charge is 0.459 e. The lowest BCUT2D eigenvalue weighted by Gasteiger charge is -2.09. The summed E-state index contributed by atoms with van der Waals surface area (Å²) in [4.78, 5) is 43.5. The van der Waals surface area contributed by atoms with Crippen LogP contribution in [-0.4, -0.2) is 29.1 Å². The topological polar surface area (TPSA) is 92.5 Å². The maximum absolute atomic E-state index is 13.5. The molecule has 0 N–H and O–H groups in total. The van der Waals surface area contributed by atoms with Gasteiger partial charge in [-0.15, -0.1) is 0 Å². The molecule has 0 unspecified atom stereocenters. The summed E-state index contributed by atoms with van der Waals surface area (Å²) >= 11 is 0. The van der Waals surface area contributed by atoms with Crippen molar-refractivity contribution in [3.63, 3.8) is 0 Å². The number of aromatic nitrogens is 5. The van der Waals surface area contributed by atoms with Crippen molar-refractivity contribution in [2.45, 2.75) is 27.0 Å². The molecular weight excluding hydrogens is 453 g/mol. The molecule has 0 spiro atoms. The molecule has 0 aliphatic heterocycles. The maximum Gasteiger partial charge on any atom is 0.333 e. The van der Waals surface area contributed by atoms with Crippen LogP contribution in [0.15, 0.2) is 64.2 Å². The van der Waals surface area contributed by atoms with Crippen molar-refractivity contribution in [3.8, 4) is 5.69 Å². The number of halogens is 1. The van der Waals surface area contributed by atoms with Gasteiger partial charge in [0.2, 0.25) is 5.78 Å². The number of nitrogens with zero attached hydrogens (tertiary/aromatic N) is 5. The van der Waals surface area contributed by atoms with Crippen molar-refractivity contribution < 1.29 is 13.9 Å². The van der Waals surface area contributed by atoms with Gasteiger partial charge in [-0.3, -0.25) is 23.1 Å². The van der Waals surface area contributed by atoms with Crippen LogP contribution in [0.5, 0.6) is 0 Å². The monoisotopic (exact) mass is 475 g/mol. The van der Waals surface area contributed by atoms with E-state index in [0.717, 1.165) is 21.5 Å². The number of esters is 1. The number of ether oxygens (including phenoxy) is 1. The number of benzene rings is 2. The highest BCUT2D eigenvalue weighted by Gasteiger charge is 2.24. The lowest BCUT2D eigenvalue weighted by atomic mass is 10.2. The Morgan fingerprint density at radius 3 is 2.37 bits per heavy atom. The van der Waals surface area contributed by atoms with E-state index in [9.17, 15) is 18.8 Å². The third-order valence-corrected chi connectivity index (χ3v) is 6.13. The Bertz CT molecular complexity index is 1710. The first-order chi connectivity index (χ1) is 16.8. The van der Waals surface area contributed by atoms with Crippen molar-refractivity contribution in [2.75, 3.05) is 0 Å². The summed E-state index contributed by atoms with van der Waals surface area (Å²) in [5.41, 5.74) is 2.00. The van der Waals surface area contributed by atoms with Crippen LogP contribution in [0.2, 0.25) is 0 Å². The van der Waals surface area contributed by atoms with Crippen molar-refractivity contribution in [1.29, 1.82) is 0 Å². The van der Waals surface area contributed by atoms with Crippen LogP contribution in [0, 0.1) is 19.7 Å². The van der Waals surface area contributed by atoms with E-state index in [1.54, 1.807) is 21.1 Å². The molecule has 0 saturated carbocycles. The summed E-state index contributed by atoms with van der Waals surface area (Å²) in [5.74, 6) is -0.674. The molecule has 10 heteroatoms. The number of carbonyl (C=O) groups is 1. The minimum Gasteiger partial charge on any atom is -0.459 e. The van der Waals surface area contributed by atoms with Gasteiger partial charge >= 0.3 is 11.7 Å². The number of fused-ring (bicyclic) bond motifs is 3. The normalized spacial score (nSPS) is 11.4. The number of hydrogen-bond acceptors (Lipinski definition) is 5. The molecule has 0 aliphatic carbocycles. The van der Waals surface area contributed by atoms with Gasteiger partial charge in [0.15, 0.2) is 11.2 Å². The Morgan fingerprint density at radius 1 is 1.00 bits per heavy atom. The molecule has 0 radical (unpaired) electrons. The van der Waals surface area contributed by atoms with Gasteiger partial charge in [0.1, 0.15) is 19.0 Å². The van der Waals surface area contributed by atoms with Crippen molar-refractivity contribution in [1.82, 2.24) is 23.1 Å². The van der Waals surface area contributed by atoms with Crippen LogP contribution in [0.25, 0.3) is 22.6 Å². The number of imidazole rings is 2. The number of aryl methyl sites for hydroxylation is 2. The molecule has 0 amide bonds. The third-order valence-electron chi connectivity index (χ3n) is 6.13. The Balaban J connectivity index is 1.62. The first kappa shape index (κ1) is 22.3. The zero-order valence-corrected chi connectivity index (χ0v) is 19.4. The summed E-state index contributed by atoms with van der Waals surface area (Å²) in [5, 5.41) is 0. The van der Waals surface area contributed by atoms with Crippen molar-refractivity contribution in [2.24, 2.45) is 7.05 Å². The molecular formula is C25H22FN5O4. The average Bonchev–Trinajstić information content (AvgIpc) is 3.36. The quantitative estimate of drug-likeness (QED) is 0.365. The standard InChI is InChI=1S/C25H22FN5O4/c1-15-16(2)31-21-22(27-24(31)30(15)19-11-9-18(26)10-12-19)28(3)25(34)29(23(21)33)13-20(32)35-14-17-7-5-4-6-8-17/h4-12H,13-14H2,1-3H3. The lowest BCUT2D eigenvalue weighted by Crippen LogP contribution is -2.41. The second-order valence-corrected chi connectivity index (χ2v) is 8.28. The molecule has 0 saturated heterocycles. The molecule has 3 aromatic heterocycles. The Kier molecular flexibility index (Phi) is 5.35. The maximum atomic E-state index is 13.5. The summed E-state index contributed by atoms with van der Waals surface area (Å²) in [6.45, 7) is 3.19. The Hall–Kier alpha value is -4.47. The van der Waals surface area contributed by atoms with E-state index in [2.05, 4.69) is 4.98 Å². The molecule has 5 rings (SSSR count). The van der Waals surface area contributed by atoms with Gasteiger partial charge in [0.25, 0.3) is 5.56 Å². The highest BCUT2D eigenvalue weighted by atomic mass is 19.1. The zero-order chi connectivity index (χ0) is 24.9. The van der Waals surface area contributed by atoms with Crippen LogP contribution < -0.4 is 11.2 Å².